The molecule has 0 saturated carbocycles. The molecule has 0 unspecified atom stereocenters. The van der Waals surface area contributed by atoms with E-state index in [1.807, 2.05) is 6.07 Å². The van der Waals surface area contributed by atoms with E-state index in [1.165, 1.54) is 0 Å². The van der Waals surface area contributed by atoms with Crippen LogP contribution in [0.25, 0.3) is 0 Å². The van der Waals surface area contributed by atoms with Gasteiger partial charge in [0.25, 0.3) is 0 Å². The maximum absolute atomic E-state index is 11.7. The molecule has 0 spiro atoms. The minimum Gasteiger partial charge on any atom is -0.423 e. The predicted octanol–water partition coefficient (Wildman–Crippen LogP) is 2.36. The van der Waals surface area contributed by atoms with E-state index in [0.29, 0.717) is 16.9 Å². The van der Waals surface area contributed by atoms with Crippen LogP contribution in [0.15, 0.2) is 54.6 Å². The van der Waals surface area contributed by atoms with Crippen LogP contribution in [0.3, 0.4) is 0 Å². The van der Waals surface area contributed by atoms with Gasteiger partial charge in [0.2, 0.25) is 6.29 Å². The minimum absolute atomic E-state index is 0.401. The zero-order valence-corrected chi connectivity index (χ0v) is 8.92. The van der Waals surface area contributed by atoms with Crippen LogP contribution in [0.2, 0.25) is 0 Å². The summed E-state index contributed by atoms with van der Waals surface area (Å²) < 4.78 is 5.13. The fourth-order valence-electron chi connectivity index (χ4n) is 1.33. The third-order valence-electron chi connectivity index (χ3n) is 2.19. The monoisotopic (exact) mass is 225 g/mol. The molecule has 0 aromatic heterocycles. The second kappa shape index (κ2) is 5.07. The lowest BCUT2D eigenvalue weighted by molar-refractivity contribution is 0.0735. The van der Waals surface area contributed by atoms with Gasteiger partial charge >= 0.3 is 5.97 Å². The molecular weight excluding hydrogens is 216 g/mol. The normalized spacial score (nSPS) is 9.65. The summed E-state index contributed by atoms with van der Waals surface area (Å²) in [4.78, 5) is 22.0. The molecule has 83 valence electrons. The zero-order chi connectivity index (χ0) is 12.1. The smallest absolute Gasteiger partial charge is 0.343 e. The number of esters is 1. The summed E-state index contributed by atoms with van der Waals surface area (Å²) in [7, 11) is 0. The molecule has 2 rings (SSSR count). The lowest BCUT2D eigenvalue weighted by Crippen LogP contribution is -2.07. The van der Waals surface area contributed by atoms with E-state index in [2.05, 4.69) is 0 Å². The standard InChI is InChI=1S/C14H9O3/c15-10-11-6-8-13(9-7-11)17-14(16)12-4-2-1-3-5-12/h1-9H. The highest BCUT2D eigenvalue weighted by molar-refractivity contribution is 5.91. The van der Waals surface area contributed by atoms with Crippen LogP contribution in [0.5, 0.6) is 5.75 Å². The van der Waals surface area contributed by atoms with Crippen molar-refractivity contribution in [3.8, 4) is 5.75 Å². The first kappa shape index (κ1) is 11.1. The first-order valence-corrected chi connectivity index (χ1v) is 5.05. The van der Waals surface area contributed by atoms with Crippen LogP contribution >= 0.6 is 0 Å². The summed E-state index contributed by atoms with van der Waals surface area (Å²) in [6.45, 7) is 0. The van der Waals surface area contributed by atoms with Crippen molar-refractivity contribution >= 4 is 12.3 Å². The number of hydrogen-bond donors (Lipinski definition) is 0. The molecule has 0 aliphatic carbocycles. The molecule has 0 amide bonds. The van der Waals surface area contributed by atoms with Crippen molar-refractivity contribution in [3.63, 3.8) is 0 Å². The van der Waals surface area contributed by atoms with Crippen LogP contribution in [-0.2, 0) is 4.79 Å². The molecule has 0 fully saturated rings. The molecule has 0 saturated heterocycles. The maximum Gasteiger partial charge on any atom is 0.343 e. The average molecular weight is 225 g/mol. The quantitative estimate of drug-likeness (QED) is 0.595. The van der Waals surface area contributed by atoms with Crippen molar-refractivity contribution in [2.45, 2.75) is 0 Å². The molecule has 0 aliphatic heterocycles. The number of carbonyl (C=O) groups excluding carboxylic acids is 2. The van der Waals surface area contributed by atoms with Gasteiger partial charge in [-0.2, -0.15) is 0 Å². The van der Waals surface area contributed by atoms with Gasteiger partial charge in [-0.3, -0.25) is 4.79 Å². The number of hydrogen-bond acceptors (Lipinski definition) is 3. The third kappa shape index (κ3) is 2.78. The minimum atomic E-state index is -0.423. The number of rotatable bonds is 3. The van der Waals surface area contributed by atoms with Crippen LogP contribution < -0.4 is 4.74 Å². The second-order valence-electron chi connectivity index (χ2n) is 3.38. The van der Waals surface area contributed by atoms with Crippen molar-refractivity contribution in [1.82, 2.24) is 0 Å². The molecule has 1 radical (unpaired) electrons. The summed E-state index contributed by atoms with van der Waals surface area (Å²) >= 11 is 0. The van der Waals surface area contributed by atoms with E-state index >= 15 is 0 Å². The van der Waals surface area contributed by atoms with Crippen molar-refractivity contribution in [3.05, 3.63) is 65.7 Å². The molecule has 0 bridgehead atoms. The molecule has 2 aromatic rings. The maximum atomic E-state index is 11.7. The first-order valence-electron chi connectivity index (χ1n) is 5.05. The van der Waals surface area contributed by atoms with Crippen molar-refractivity contribution in [1.29, 1.82) is 0 Å². The summed E-state index contributed by atoms with van der Waals surface area (Å²) in [5.41, 5.74) is 0.906. The molecule has 0 atom stereocenters. The average Bonchev–Trinajstić information content (AvgIpc) is 2.40. The Hall–Kier alpha value is -2.42. The largest absolute Gasteiger partial charge is 0.423 e. The highest BCUT2D eigenvalue weighted by atomic mass is 16.5. The number of carbonyl (C=O) groups is 1. The molecule has 0 heterocycles. The van der Waals surface area contributed by atoms with Gasteiger partial charge in [0.15, 0.2) is 0 Å². The lowest BCUT2D eigenvalue weighted by atomic mass is 10.2. The number of ether oxygens (including phenoxy) is 1. The molecule has 3 nitrogen and oxygen atoms in total. The Bertz CT molecular complexity index is 515. The second-order valence-corrected chi connectivity index (χ2v) is 3.38. The van der Waals surface area contributed by atoms with Crippen molar-refractivity contribution < 1.29 is 14.3 Å². The Labute approximate surface area is 98.7 Å². The molecule has 17 heavy (non-hydrogen) atoms. The van der Waals surface area contributed by atoms with Gasteiger partial charge in [0.05, 0.1) is 5.56 Å². The first-order chi connectivity index (χ1) is 8.29. The summed E-state index contributed by atoms with van der Waals surface area (Å²) in [6.07, 6.45) is 1.75. The Morgan fingerprint density at radius 3 is 2.18 bits per heavy atom. The van der Waals surface area contributed by atoms with Crippen molar-refractivity contribution in [2.75, 3.05) is 0 Å². The van der Waals surface area contributed by atoms with Gasteiger partial charge in [0, 0.05) is 5.56 Å². The van der Waals surface area contributed by atoms with Gasteiger partial charge in [-0.15, -0.1) is 0 Å². The van der Waals surface area contributed by atoms with E-state index in [-0.39, 0.29) is 0 Å². The zero-order valence-electron chi connectivity index (χ0n) is 8.92. The highest BCUT2D eigenvalue weighted by Gasteiger charge is 2.07. The number of benzene rings is 2. The van der Waals surface area contributed by atoms with E-state index in [1.54, 1.807) is 54.8 Å². The molecule has 0 aliphatic rings. The molecule has 2 aromatic carbocycles. The summed E-state index contributed by atoms with van der Waals surface area (Å²) in [6, 6.07) is 14.9. The van der Waals surface area contributed by atoms with E-state index < -0.39 is 5.97 Å². The fourth-order valence-corrected chi connectivity index (χ4v) is 1.33. The SMILES string of the molecule is O=[C]c1ccc(OC(=O)c2ccccc2)cc1. The van der Waals surface area contributed by atoms with Gasteiger partial charge < -0.3 is 4.74 Å². The van der Waals surface area contributed by atoms with Gasteiger partial charge in [-0.05, 0) is 36.4 Å². The Balaban J connectivity index is 2.10. The molecule has 0 N–H and O–H groups in total. The fraction of sp³-hybridized carbons (Fsp3) is 0. The van der Waals surface area contributed by atoms with Gasteiger partial charge in [0.1, 0.15) is 5.75 Å². The predicted molar refractivity (Wildman–Crippen MR) is 62.6 cm³/mol. The van der Waals surface area contributed by atoms with Crippen LogP contribution in [0.4, 0.5) is 0 Å². The van der Waals surface area contributed by atoms with Crippen LogP contribution in [0.1, 0.15) is 15.9 Å². The van der Waals surface area contributed by atoms with Crippen LogP contribution in [-0.4, -0.2) is 12.3 Å². The van der Waals surface area contributed by atoms with E-state index in [4.69, 9.17) is 4.74 Å². The van der Waals surface area contributed by atoms with Gasteiger partial charge in [-0.1, -0.05) is 18.2 Å². The van der Waals surface area contributed by atoms with E-state index in [9.17, 15) is 9.59 Å². The van der Waals surface area contributed by atoms with Gasteiger partial charge in [-0.25, -0.2) is 4.79 Å². The van der Waals surface area contributed by atoms with E-state index in [0.717, 1.165) is 0 Å². The van der Waals surface area contributed by atoms with Crippen molar-refractivity contribution in [2.24, 2.45) is 0 Å². The van der Waals surface area contributed by atoms with Crippen LogP contribution in [0, 0.1) is 0 Å². The third-order valence-corrected chi connectivity index (χ3v) is 2.19. The molecule has 3 heteroatoms. The lowest BCUT2D eigenvalue weighted by Gasteiger charge is -2.03. The Morgan fingerprint density at radius 1 is 0.941 bits per heavy atom. The Morgan fingerprint density at radius 2 is 1.59 bits per heavy atom. The summed E-state index contributed by atoms with van der Waals surface area (Å²) in [5.74, 6) is -0.0220. The highest BCUT2D eigenvalue weighted by Crippen LogP contribution is 2.13. The Kier molecular flexibility index (Phi) is 3.31. The summed E-state index contributed by atoms with van der Waals surface area (Å²) in [5, 5.41) is 0. The topological polar surface area (TPSA) is 43.4 Å². The molecular formula is C14H9O3.